The summed E-state index contributed by atoms with van der Waals surface area (Å²) in [7, 11) is -1.37. The van der Waals surface area contributed by atoms with Crippen molar-refractivity contribution in [3.8, 4) is 0 Å². The highest BCUT2D eigenvalue weighted by Crippen LogP contribution is 2.15. The van der Waals surface area contributed by atoms with Crippen molar-refractivity contribution in [2.45, 2.75) is 24.9 Å². The van der Waals surface area contributed by atoms with Gasteiger partial charge < -0.3 is 5.32 Å². The second kappa shape index (κ2) is 7.31. The SMILES string of the molecule is Cc1cccc(CS(=O)C(C)C(=O)Nc2ccccc2F)c1. The first kappa shape index (κ1) is 16.4. The van der Waals surface area contributed by atoms with Gasteiger partial charge in [0, 0.05) is 16.6 Å². The van der Waals surface area contributed by atoms with E-state index in [1.165, 1.54) is 12.1 Å². The van der Waals surface area contributed by atoms with Gasteiger partial charge in [-0.3, -0.25) is 9.00 Å². The highest BCUT2D eigenvalue weighted by molar-refractivity contribution is 7.85. The minimum absolute atomic E-state index is 0.104. The minimum Gasteiger partial charge on any atom is -0.323 e. The first-order chi connectivity index (χ1) is 10.5. The van der Waals surface area contributed by atoms with Crippen LogP contribution in [0.3, 0.4) is 0 Å². The van der Waals surface area contributed by atoms with Gasteiger partial charge in [-0.05, 0) is 31.5 Å². The van der Waals surface area contributed by atoms with E-state index in [2.05, 4.69) is 5.32 Å². The molecule has 1 amide bonds. The highest BCUT2D eigenvalue weighted by Gasteiger charge is 2.21. The van der Waals surface area contributed by atoms with Gasteiger partial charge in [0.2, 0.25) is 5.91 Å². The van der Waals surface area contributed by atoms with Crippen LogP contribution in [0.4, 0.5) is 10.1 Å². The van der Waals surface area contributed by atoms with E-state index in [0.717, 1.165) is 11.1 Å². The van der Waals surface area contributed by atoms with Gasteiger partial charge in [-0.15, -0.1) is 0 Å². The van der Waals surface area contributed by atoms with Gasteiger partial charge >= 0.3 is 0 Å². The largest absolute Gasteiger partial charge is 0.323 e. The lowest BCUT2D eigenvalue weighted by Crippen LogP contribution is -2.30. The lowest BCUT2D eigenvalue weighted by Gasteiger charge is -2.13. The third-order valence-corrected chi connectivity index (χ3v) is 4.91. The van der Waals surface area contributed by atoms with Crippen molar-refractivity contribution in [2.75, 3.05) is 5.32 Å². The third-order valence-electron chi connectivity index (χ3n) is 3.29. The first-order valence-electron chi connectivity index (χ1n) is 6.95. The molecule has 2 atom stereocenters. The summed E-state index contributed by atoms with van der Waals surface area (Å²) in [4.78, 5) is 12.1. The van der Waals surface area contributed by atoms with E-state index < -0.39 is 27.8 Å². The van der Waals surface area contributed by atoms with Gasteiger partial charge in [-0.1, -0.05) is 42.0 Å². The molecule has 22 heavy (non-hydrogen) atoms. The Morgan fingerprint density at radius 2 is 1.95 bits per heavy atom. The number of aryl methyl sites for hydroxylation is 1. The zero-order valence-electron chi connectivity index (χ0n) is 12.5. The molecule has 0 saturated carbocycles. The molecule has 2 rings (SSSR count). The summed E-state index contributed by atoms with van der Waals surface area (Å²) < 4.78 is 25.8. The van der Waals surface area contributed by atoms with Gasteiger partial charge in [0.15, 0.2) is 0 Å². The Hall–Kier alpha value is -2.01. The number of benzene rings is 2. The van der Waals surface area contributed by atoms with E-state index in [0.29, 0.717) is 5.75 Å². The predicted molar refractivity (Wildman–Crippen MR) is 87.5 cm³/mol. The topological polar surface area (TPSA) is 46.2 Å². The van der Waals surface area contributed by atoms with Crippen molar-refractivity contribution in [1.29, 1.82) is 0 Å². The van der Waals surface area contributed by atoms with E-state index in [1.54, 1.807) is 19.1 Å². The fraction of sp³-hybridized carbons (Fsp3) is 0.235. The Balaban J connectivity index is 2.01. The lowest BCUT2D eigenvalue weighted by molar-refractivity contribution is -0.115. The average molecular weight is 319 g/mol. The van der Waals surface area contributed by atoms with Crippen LogP contribution in [-0.4, -0.2) is 15.4 Å². The molecule has 3 nitrogen and oxygen atoms in total. The number of rotatable bonds is 5. The zero-order valence-corrected chi connectivity index (χ0v) is 13.3. The second-order valence-electron chi connectivity index (χ2n) is 5.13. The van der Waals surface area contributed by atoms with Crippen LogP contribution in [0, 0.1) is 12.7 Å². The van der Waals surface area contributed by atoms with Crippen molar-refractivity contribution < 1.29 is 13.4 Å². The normalized spacial score (nSPS) is 13.4. The Bertz CT molecular complexity index is 703. The molecule has 2 aromatic carbocycles. The third kappa shape index (κ3) is 4.24. The average Bonchev–Trinajstić information content (AvgIpc) is 2.48. The van der Waals surface area contributed by atoms with Crippen molar-refractivity contribution in [2.24, 2.45) is 0 Å². The van der Waals surface area contributed by atoms with E-state index in [9.17, 15) is 13.4 Å². The smallest absolute Gasteiger partial charge is 0.239 e. The Labute approximate surface area is 132 Å². The summed E-state index contributed by atoms with van der Waals surface area (Å²) in [6.07, 6.45) is 0. The molecule has 0 spiro atoms. The predicted octanol–water partition coefficient (Wildman–Crippen LogP) is 3.41. The maximum atomic E-state index is 13.5. The lowest BCUT2D eigenvalue weighted by atomic mass is 10.2. The number of carbonyl (C=O) groups excluding carboxylic acids is 1. The Kier molecular flexibility index (Phi) is 5.44. The summed E-state index contributed by atoms with van der Waals surface area (Å²) in [5, 5.41) is 1.76. The number of hydrogen-bond donors (Lipinski definition) is 1. The van der Waals surface area contributed by atoms with Crippen molar-refractivity contribution in [3.05, 3.63) is 65.5 Å². The number of para-hydroxylation sites is 1. The molecule has 0 heterocycles. The molecule has 0 bridgehead atoms. The van der Waals surface area contributed by atoms with Crippen LogP contribution in [0.1, 0.15) is 18.1 Å². The number of anilines is 1. The van der Waals surface area contributed by atoms with Crippen LogP contribution in [0.25, 0.3) is 0 Å². The fourth-order valence-corrected chi connectivity index (χ4v) is 3.06. The summed E-state index contributed by atoms with van der Waals surface area (Å²) in [6.45, 7) is 3.54. The number of carbonyl (C=O) groups is 1. The molecule has 2 aromatic rings. The second-order valence-corrected chi connectivity index (χ2v) is 6.88. The van der Waals surface area contributed by atoms with E-state index >= 15 is 0 Å². The first-order valence-corrected chi connectivity index (χ1v) is 8.33. The molecule has 0 fully saturated rings. The van der Waals surface area contributed by atoms with Gasteiger partial charge in [-0.2, -0.15) is 0 Å². The summed E-state index contributed by atoms with van der Waals surface area (Å²) in [5.74, 6) is -0.656. The molecular weight excluding hydrogens is 301 g/mol. The summed E-state index contributed by atoms with van der Waals surface area (Å²) in [6, 6.07) is 13.6. The van der Waals surface area contributed by atoms with Gasteiger partial charge in [-0.25, -0.2) is 4.39 Å². The number of amides is 1. The van der Waals surface area contributed by atoms with Crippen LogP contribution in [-0.2, 0) is 21.3 Å². The summed E-state index contributed by atoms with van der Waals surface area (Å²) >= 11 is 0. The molecule has 116 valence electrons. The number of nitrogens with one attached hydrogen (secondary N) is 1. The molecule has 2 unspecified atom stereocenters. The molecule has 0 aliphatic heterocycles. The Morgan fingerprint density at radius 3 is 2.64 bits per heavy atom. The molecule has 1 N–H and O–H groups in total. The molecule has 0 aliphatic carbocycles. The number of hydrogen-bond acceptors (Lipinski definition) is 2. The van der Waals surface area contributed by atoms with Gasteiger partial charge in [0.25, 0.3) is 0 Å². The minimum atomic E-state index is -1.37. The molecule has 5 heteroatoms. The molecule has 0 saturated heterocycles. The van der Waals surface area contributed by atoms with Crippen LogP contribution in [0.5, 0.6) is 0 Å². The monoisotopic (exact) mass is 319 g/mol. The van der Waals surface area contributed by atoms with Crippen LogP contribution in [0.15, 0.2) is 48.5 Å². The molecular formula is C17H18FNO2S. The standard InChI is InChI=1S/C17H18FNO2S/c1-12-6-5-7-14(10-12)11-22(21)13(2)17(20)19-16-9-4-3-8-15(16)18/h3-10,13H,11H2,1-2H3,(H,19,20). The summed E-state index contributed by atoms with van der Waals surface area (Å²) in [5.41, 5.74) is 2.11. The maximum Gasteiger partial charge on any atom is 0.239 e. The van der Waals surface area contributed by atoms with Gasteiger partial charge in [0.05, 0.1) is 5.69 Å². The highest BCUT2D eigenvalue weighted by atomic mass is 32.2. The zero-order chi connectivity index (χ0) is 16.1. The van der Waals surface area contributed by atoms with Crippen LogP contribution < -0.4 is 5.32 Å². The van der Waals surface area contributed by atoms with Crippen LogP contribution >= 0.6 is 0 Å². The molecule has 0 radical (unpaired) electrons. The van der Waals surface area contributed by atoms with Crippen molar-refractivity contribution in [1.82, 2.24) is 0 Å². The van der Waals surface area contributed by atoms with Crippen LogP contribution in [0.2, 0.25) is 0 Å². The quantitative estimate of drug-likeness (QED) is 0.918. The van der Waals surface area contributed by atoms with E-state index in [-0.39, 0.29) is 5.69 Å². The van der Waals surface area contributed by atoms with Gasteiger partial charge in [0.1, 0.15) is 11.1 Å². The van der Waals surface area contributed by atoms with E-state index in [1.807, 2.05) is 31.2 Å². The van der Waals surface area contributed by atoms with Crippen molar-refractivity contribution >= 4 is 22.4 Å². The van der Waals surface area contributed by atoms with E-state index in [4.69, 9.17) is 0 Å². The fourth-order valence-electron chi connectivity index (χ4n) is 2.01. The Morgan fingerprint density at radius 1 is 1.23 bits per heavy atom. The maximum absolute atomic E-state index is 13.5. The molecule has 0 aliphatic rings. The van der Waals surface area contributed by atoms with Crippen molar-refractivity contribution in [3.63, 3.8) is 0 Å². The molecule has 0 aromatic heterocycles. The number of halogens is 1.